The van der Waals surface area contributed by atoms with E-state index in [1.165, 1.54) is 11.3 Å². The molecule has 1 saturated heterocycles. The summed E-state index contributed by atoms with van der Waals surface area (Å²) in [5.74, 6) is 0.715. The van der Waals surface area contributed by atoms with Crippen LogP contribution in [0.25, 0.3) is 11.3 Å². The van der Waals surface area contributed by atoms with E-state index in [0.29, 0.717) is 24.6 Å². The fourth-order valence-electron chi connectivity index (χ4n) is 2.92. The Morgan fingerprint density at radius 1 is 1.31 bits per heavy atom. The van der Waals surface area contributed by atoms with Gasteiger partial charge in [-0.1, -0.05) is 0 Å². The Bertz CT molecular complexity index is 715. The van der Waals surface area contributed by atoms with E-state index in [-0.39, 0.29) is 18.3 Å². The standard InChI is InChI=1S/C18H23N3O3S.ClH/c1-3-24-14-6-4-13(5-7-14)15-12-25-17(20-15)21-16(22)18(23-2)8-10-19-11-9-18;/h4-7,12,19H,3,8-11H2,1-2H3,(H,20,21,22);1H. The van der Waals surface area contributed by atoms with E-state index >= 15 is 0 Å². The second-order valence-corrected chi connectivity index (χ2v) is 6.76. The molecular weight excluding hydrogens is 374 g/mol. The molecule has 1 aromatic carbocycles. The number of piperidine rings is 1. The number of halogens is 1. The predicted molar refractivity (Wildman–Crippen MR) is 106 cm³/mol. The van der Waals surface area contributed by atoms with Crippen LogP contribution >= 0.6 is 23.7 Å². The van der Waals surface area contributed by atoms with Gasteiger partial charge in [-0.05, 0) is 57.1 Å². The van der Waals surface area contributed by atoms with E-state index in [2.05, 4.69) is 15.6 Å². The lowest BCUT2D eigenvalue weighted by atomic mass is 9.91. The number of nitrogens with one attached hydrogen (secondary N) is 2. The van der Waals surface area contributed by atoms with Crippen LogP contribution in [0.15, 0.2) is 29.6 Å². The molecule has 0 radical (unpaired) electrons. The van der Waals surface area contributed by atoms with Gasteiger partial charge in [-0.2, -0.15) is 0 Å². The third kappa shape index (κ3) is 4.54. The SMILES string of the molecule is CCOc1ccc(-c2csc(NC(=O)C3(OC)CCNCC3)n2)cc1.Cl. The highest BCUT2D eigenvalue weighted by Gasteiger charge is 2.40. The highest BCUT2D eigenvalue weighted by molar-refractivity contribution is 7.14. The summed E-state index contributed by atoms with van der Waals surface area (Å²) < 4.78 is 11.0. The molecule has 0 spiro atoms. The molecule has 0 atom stereocenters. The van der Waals surface area contributed by atoms with Crippen LogP contribution in [-0.4, -0.2) is 43.3 Å². The molecule has 2 N–H and O–H groups in total. The van der Waals surface area contributed by atoms with Crippen molar-refractivity contribution in [3.63, 3.8) is 0 Å². The third-order valence-corrected chi connectivity index (χ3v) is 5.16. The monoisotopic (exact) mass is 397 g/mol. The number of aromatic nitrogens is 1. The number of methoxy groups -OCH3 is 1. The first-order chi connectivity index (χ1) is 12.2. The van der Waals surface area contributed by atoms with Crippen LogP contribution in [0.4, 0.5) is 5.13 Å². The molecule has 3 rings (SSSR count). The molecule has 142 valence electrons. The van der Waals surface area contributed by atoms with Crippen LogP contribution in [0.5, 0.6) is 5.75 Å². The maximum atomic E-state index is 12.7. The van der Waals surface area contributed by atoms with E-state index in [0.717, 1.165) is 30.1 Å². The number of amides is 1. The minimum absolute atomic E-state index is 0. The van der Waals surface area contributed by atoms with Gasteiger partial charge in [0.1, 0.15) is 11.4 Å². The molecule has 2 aromatic rings. The zero-order valence-electron chi connectivity index (χ0n) is 14.9. The van der Waals surface area contributed by atoms with Crippen molar-refractivity contribution < 1.29 is 14.3 Å². The van der Waals surface area contributed by atoms with Gasteiger partial charge in [0.15, 0.2) is 5.13 Å². The van der Waals surface area contributed by atoms with Crippen molar-refractivity contribution in [3.8, 4) is 17.0 Å². The van der Waals surface area contributed by atoms with Crippen molar-refractivity contribution in [1.29, 1.82) is 0 Å². The fraction of sp³-hybridized carbons (Fsp3) is 0.444. The molecule has 1 aromatic heterocycles. The van der Waals surface area contributed by atoms with Crippen LogP contribution in [0.3, 0.4) is 0 Å². The molecule has 1 fully saturated rings. The highest BCUT2D eigenvalue weighted by Crippen LogP contribution is 2.29. The zero-order chi connectivity index (χ0) is 17.7. The average molecular weight is 398 g/mol. The zero-order valence-corrected chi connectivity index (χ0v) is 16.5. The Hall–Kier alpha value is -1.67. The molecule has 2 heterocycles. The lowest BCUT2D eigenvalue weighted by molar-refractivity contribution is -0.140. The van der Waals surface area contributed by atoms with Crippen molar-refractivity contribution in [1.82, 2.24) is 10.3 Å². The van der Waals surface area contributed by atoms with Crippen molar-refractivity contribution >= 4 is 34.8 Å². The number of anilines is 1. The first kappa shape index (κ1) is 20.6. The normalized spacial score (nSPS) is 15.8. The van der Waals surface area contributed by atoms with Crippen LogP contribution in [0, 0.1) is 0 Å². The number of hydrogen-bond donors (Lipinski definition) is 2. The maximum absolute atomic E-state index is 12.7. The Balaban J connectivity index is 0.00000243. The number of carbonyl (C=O) groups is 1. The first-order valence-electron chi connectivity index (χ1n) is 8.43. The van der Waals surface area contributed by atoms with Gasteiger partial charge in [0, 0.05) is 18.1 Å². The average Bonchev–Trinajstić information content (AvgIpc) is 3.11. The van der Waals surface area contributed by atoms with Gasteiger partial charge in [-0.25, -0.2) is 4.98 Å². The molecule has 0 aliphatic carbocycles. The summed E-state index contributed by atoms with van der Waals surface area (Å²) in [4.78, 5) is 17.2. The molecule has 1 aliphatic rings. The number of ether oxygens (including phenoxy) is 2. The predicted octanol–water partition coefficient (Wildman–Crippen LogP) is 3.34. The van der Waals surface area contributed by atoms with Crippen molar-refractivity contribution in [2.24, 2.45) is 0 Å². The smallest absolute Gasteiger partial charge is 0.258 e. The first-order valence-corrected chi connectivity index (χ1v) is 9.31. The second kappa shape index (κ2) is 9.32. The lowest BCUT2D eigenvalue weighted by Gasteiger charge is -2.34. The summed E-state index contributed by atoms with van der Waals surface area (Å²) in [5.41, 5.74) is 1.06. The minimum Gasteiger partial charge on any atom is -0.494 e. The highest BCUT2D eigenvalue weighted by atomic mass is 35.5. The molecule has 0 unspecified atom stereocenters. The van der Waals surface area contributed by atoms with Crippen molar-refractivity contribution in [3.05, 3.63) is 29.6 Å². The number of hydrogen-bond acceptors (Lipinski definition) is 6. The molecule has 1 amide bonds. The molecule has 8 heteroatoms. The molecule has 0 saturated carbocycles. The topological polar surface area (TPSA) is 72.5 Å². The molecule has 6 nitrogen and oxygen atoms in total. The van der Waals surface area contributed by atoms with Gasteiger partial charge in [-0.3, -0.25) is 10.1 Å². The van der Waals surface area contributed by atoms with Gasteiger partial charge >= 0.3 is 0 Å². The van der Waals surface area contributed by atoms with E-state index in [9.17, 15) is 4.79 Å². The largest absolute Gasteiger partial charge is 0.494 e. The molecule has 1 aliphatic heterocycles. The van der Waals surface area contributed by atoms with Crippen LogP contribution in [0.1, 0.15) is 19.8 Å². The Morgan fingerprint density at radius 2 is 2.00 bits per heavy atom. The van der Waals surface area contributed by atoms with E-state index in [4.69, 9.17) is 9.47 Å². The quantitative estimate of drug-likeness (QED) is 0.782. The summed E-state index contributed by atoms with van der Waals surface area (Å²) >= 11 is 1.41. The van der Waals surface area contributed by atoms with Gasteiger partial charge in [-0.15, -0.1) is 23.7 Å². The van der Waals surface area contributed by atoms with Gasteiger partial charge in [0.25, 0.3) is 5.91 Å². The number of nitrogens with zero attached hydrogens (tertiary/aromatic N) is 1. The van der Waals surface area contributed by atoms with E-state index < -0.39 is 5.60 Å². The fourth-order valence-corrected chi connectivity index (χ4v) is 3.63. The summed E-state index contributed by atoms with van der Waals surface area (Å²) in [6.45, 7) is 4.15. The van der Waals surface area contributed by atoms with Crippen molar-refractivity contribution in [2.45, 2.75) is 25.4 Å². The summed E-state index contributed by atoms with van der Waals surface area (Å²) in [5, 5.41) is 8.69. The van der Waals surface area contributed by atoms with Gasteiger partial charge in [0.05, 0.1) is 12.3 Å². The Morgan fingerprint density at radius 3 is 2.62 bits per heavy atom. The lowest BCUT2D eigenvalue weighted by Crippen LogP contribution is -2.51. The molecule has 0 bridgehead atoms. The molecule has 26 heavy (non-hydrogen) atoms. The van der Waals surface area contributed by atoms with Crippen molar-refractivity contribution in [2.75, 3.05) is 32.1 Å². The minimum atomic E-state index is -0.768. The van der Waals surface area contributed by atoms with E-state index in [1.54, 1.807) is 7.11 Å². The summed E-state index contributed by atoms with van der Waals surface area (Å²) in [6.07, 6.45) is 1.32. The van der Waals surface area contributed by atoms with Crippen LogP contribution in [-0.2, 0) is 9.53 Å². The van der Waals surface area contributed by atoms with E-state index in [1.807, 2.05) is 36.6 Å². The van der Waals surface area contributed by atoms with Crippen LogP contribution in [0.2, 0.25) is 0 Å². The van der Waals surface area contributed by atoms with Gasteiger partial charge in [0.2, 0.25) is 0 Å². The second-order valence-electron chi connectivity index (χ2n) is 5.90. The summed E-state index contributed by atoms with van der Waals surface area (Å²) in [6, 6.07) is 7.78. The number of thiazole rings is 1. The Labute approximate surface area is 163 Å². The number of carbonyl (C=O) groups excluding carboxylic acids is 1. The number of rotatable bonds is 6. The third-order valence-electron chi connectivity index (χ3n) is 4.40. The Kier molecular flexibility index (Phi) is 7.40. The maximum Gasteiger partial charge on any atom is 0.258 e. The summed E-state index contributed by atoms with van der Waals surface area (Å²) in [7, 11) is 1.60. The molecular formula is C18H24ClN3O3S. The number of benzene rings is 1. The van der Waals surface area contributed by atoms with Crippen LogP contribution < -0.4 is 15.4 Å². The van der Waals surface area contributed by atoms with Gasteiger partial charge < -0.3 is 14.8 Å².